The Morgan fingerprint density at radius 3 is 2.08 bits per heavy atom. The van der Waals surface area contributed by atoms with Crippen molar-refractivity contribution >= 4 is 43.5 Å². The Bertz CT molecular complexity index is 145. The minimum absolute atomic E-state index is 0. The zero-order valence-corrected chi connectivity index (χ0v) is 14.0. The molecule has 0 spiro atoms. The zero-order chi connectivity index (χ0) is 9.99. The Morgan fingerprint density at radius 2 is 1.85 bits per heavy atom. The SMILES string of the molecule is CC[N+](C)(C)CC(Br)C(C)(Cl)Br.[Br-]. The van der Waals surface area contributed by atoms with E-state index in [1.54, 1.807) is 0 Å². The third-order valence-electron chi connectivity index (χ3n) is 2.06. The molecule has 0 rings (SSSR count). The molecule has 5 heteroatoms. The molecule has 0 aliphatic carbocycles. The van der Waals surface area contributed by atoms with Crippen LogP contribution in [0.1, 0.15) is 13.8 Å². The van der Waals surface area contributed by atoms with Gasteiger partial charge in [-0.25, -0.2) is 0 Å². The van der Waals surface area contributed by atoms with E-state index in [0.717, 1.165) is 17.6 Å². The first-order chi connectivity index (χ1) is 5.19. The summed E-state index contributed by atoms with van der Waals surface area (Å²) in [4.78, 5) is 0.279. The summed E-state index contributed by atoms with van der Waals surface area (Å²) < 4.78 is 0.627. The molecular formula is C8H17Br3ClN. The van der Waals surface area contributed by atoms with Gasteiger partial charge in [-0.15, -0.1) is 11.6 Å². The molecule has 0 radical (unpaired) electrons. The van der Waals surface area contributed by atoms with Crippen LogP contribution in [-0.2, 0) is 0 Å². The van der Waals surface area contributed by atoms with E-state index in [1.165, 1.54) is 0 Å². The van der Waals surface area contributed by atoms with Gasteiger partial charge in [-0.1, -0.05) is 31.9 Å². The summed E-state index contributed by atoms with van der Waals surface area (Å²) in [6.45, 7) is 6.27. The summed E-state index contributed by atoms with van der Waals surface area (Å²) in [5.41, 5.74) is 0. The zero-order valence-electron chi connectivity index (χ0n) is 8.45. The molecule has 2 atom stereocenters. The maximum absolute atomic E-state index is 6.11. The van der Waals surface area contributed by atoms with Gasteiger partial charge in [0.1, 0.15) is 3.78 Å². The molecule has 0 aromatic heterocycles. The van der Waals surface area contributed by atoms with E-state index in [4.69, 9.17) is 11.6 Å². The van der Waals surface area contributed by atoms with Gasteiger partial charge in [-0.05, 0) is 13.8 Å². The molecule has 82 valence electrons. The van der Waals surface area contributed by atoms with Crippen LogP contribution in [0.5, 0.6) is 0 Å². The first-order valence-electron chi connectivity index (χ1n) is 4.03. The Kier molecular flexibility index (Phi) is 8.30. The topological polar surface area (TPSA) is 0 Å². The Morgan fingerprint density at radius 1 is 1.46 bits per heavy atom. The second-order valence-corrected chi connectivity index (χ2v) is 7.85. The van der Waals surface area contributed by atoms with Crippen LogP contribution in [0, 0.1) is 0 Å². The van der Waals surface area contributed by atoms with Crippen LogP contribution in [0.2, 0.25) is 0 Å². The highest BCUT2D eigenvalue weighted by Gasteiger charge is 2.32. The van der Waals surface area contributed by atoms with Crippen molar-refractivity contribution in [3.05, 3.63) is 0 Å². The smallest absolute Gasteiger partial charge is 0.114 e. The fourth-order valence-electron chi connectivity index (χ4n) is 0.723. The third-order valence-corrected chi connectivity index (χ3v) is 4.96. The molecule has 0 amide bonds. The predicted molar refractivity (Wildman–Crippen MR) is 63.4 cm³/mol. The summed E-state index contributed by atoms with van der Waals surface area (Å²) in [5.74, 6) is 0. The van der Waals surface area contributed by atoms with Crippen molar-refractivity contribution in [2.45, 2.75) is 22.5 Å². The predicted octanol–water partition coefficient (Wildman–Crippen LogP) is 0.200. The van der Waals surface area contributed by atoms with Crippen molar-refractivity contribution in [3.8, 4) is 0 Å². The van der Waals surface area contributed by atoms with Gasteiger partial charge in [-0.2, -0.15) is 0 Å². The van der Waals surface area contributed by atoms with Crippen LogP contribution in [0.15, 0.2) is 0 Å². The lowest BCUT2D eigenvalue weighted by Crippen LogP contribution is -3.00. The highest BCUT2D eigenvalue weighted by atomic mass is 79.9. The number of quaternary nitrogens is 1. The van der Waals surface area contributed by atoms with Crippen LogP contribution in [0.4, 0.5) is 0 Å². The van der Waals surface area contributed by atoms with Gasteiger partial charge < -0.3 is 21.5 Å². The fourth-order valence-corrected chi connectivity index (χ4v) is 1.72. The normalized spacial score (nSPS) is 18.7. The number of rotatable bonds is 4. The van der Waals surface area contributed by atoms with Crippen molar-refractivity contribution in [1.29, 1.82) is 0 Å². The number of nitrogens with zero attached hydrogens (tertiary/aromatic N) is 1. The molecule has 13 heavy (non-hydrogen) atoms. The van der Waals surface area contributed by atoms with Crippen molar-refractivity contribution in [3.63, 3.8) is 0 Å². The van der Waals surface area contributed by atoms with Gasteiger partial charge in [0.2, 0.25) is 0 Å². The third kappa shape index (κ3) is 7.60. The van der Waals surface area contributed by atoms with Gasteiger partial charge in [0.25, 0.3) is 0 Å². The van der Waals surface area contributed by atoms with E-state index in [2.05, 4.69) is 52.9 Å². The standard InChI is InChI=1S/C8H17Br2ClN.BrH/c1-5-12(3,4)6-7(9)8(2,10)11;/h7H,5-6H2,1-4H3;1H/q+1;/p-1. The maximum Gasteiger partial charge on any atom is 0.114 e. The molecule has 0 heterocycles. The number of halogens is 4. The lowest BCUT2D eigenvalue weighted by molar-refractivity contribution is -0.887. The molecule has 0 N–H and O–H groups in total. The molecule has 1 nitrogen and oxygen atoms in total. The largest absolute Gasteiger partial charge is 1.00 e. The minimum atomic E-state index is -0.350. The lowest BCUT2D eigenvalue weighted by atomic mass is 10.3. The van der Waals surface area contributed by atoms with E-state index in [0.29, 0.717) is 0 Å². The molecule has 0 fully saturated rings. The second-order valence-electron chi connectivity index (χ2n) is 3.86. The van der Waals surface area contributed by atoms with Gasteiger partial charge in [0.15, 0.2) is 0 Å². The molecule has 0 aliphatic rings. The van der Waals surface area contributed by atoms with E-state index in [1.807, 2.05) is 6.92 Å². The summed E-state index contributed by atoms with van der Waals surface area (Å²) in [6, 6.07) is 0. The second kappa shape index (κ2) is 6.31. The maximum atomic E-state index is 6.11. The molecule has 0 aromatic carbocycles. The quantitative estimate of drug-likeness (QED) is 0.466. The highest BCUT2D eigenvalue weighted by molar-refractivity contribution is 9.13. The molecule has 2 unspecified atom stereocenters. The Labute approximate surface area is 114 Å². The monoisotopic (exact) mass is 399 g/mol. The first-order valence-corrected chi connectivity index (χ1v) is 6.11. The minimum Gasteiger partial charge on any atom is -1.00 e. The molecular weight excluding hydrogens is 385 g/mol. The van der Waals surface area contributed by atoms with Gasteiger partial charge in [-0.3, -0.25) is 0 Å². The molecule has 0 aliphatic heterocycles. The van der Waals surface area contributed by atoms with Crippen LogP contribution < -0.4 is 17.0 Å². The summed E-state index contributed by atoms with van der Waals surface area (Å²) in [5, 5.41) is 0. The molecule has 0 aromatic rings. The van der Waals surface area contributed by atoms with Crippen LogP contribution in [0.25, 0.3) is 0 Å². The van der Waals surface area contributed by atoms with E-state index in [-0.39, 0.29) is 25.6 Å². The van der Waals surface area contributed by atoms with Crippen LogP contribution in [-0.4, -0.2) is 40.3 Å². The van der Waals surface area contributed by atoms with Crippen LogP contribution >= 0.6 is 43.5 Å². The first kappa shape index (κ1) is 17.1. The molecule has 0 saturated carbocycles. The number of hydrogen-bond acceptors (Lipinski definition) is 0. The molecule has 0 saturated heterocycles. The summed E-state index contributed by atoms with van der Waals surface area (Å²) in [7, 11) is 4.40. The van der Waals surface area contributed by atoms with Crippen molar-refractivity contribution in [2.75, 3.05) is 27.2 Å². The van der Waals surface area contributed by atoms with E-state index in [9.17, 15) is 0 Å². The average Bonchev–Trinajstić information content (AvgIpc) is 1.85. The summed E-state index contributed by atoms with van der Waals surface area (Å²) in [6.07, 6.45) is 0. The Hall–Kier alpha value is 1.69. The lowest BCUT2D eigenvalue weighted by Gasteiger charge is -2.33. The van der Waals surface area contributed by atoms with Crippen molar-refractivity contribution in [1.82, 2.24) is 0 Å². The highest BCUT2D eigenvalue weighted by Crippen LogP contribution is 2.33. The number of hydrogen-bond donors (Lipinski definition) is 0. The van der Waals surface area contributed by atoms with Crippen molar-refractivity contribution in [2.24, 2.45) is 0 Å². The fraction of sp³-hybridized carbons (Fsp3) is 1.00. The van der Waals surface area contributed by atoms with E-state index >= 15 is 0 Å². The van der Waals surface area contributed by atoms with Gasteiger partial charge in [0, 0.05) is 0 Å². The molecule has 0 bridgehead atoms. The van der Waals surface area contributed by atoms with Gasteiger partial charge in [0.05, 0.1) is 32.0 Å². The van der Waals surface area contributed by atoms with Crippen molar-refractivity contribution < 1.29 is 21.5 Å². The van der Waals surface area contributed by atoms with Gasteiger partial charge >= 0.3 is 0 Å². The number of alkyl halides is 3. The van der Waals surface area contributed by atoms with Crippen LogP contribution in [0.3, 0.4) is 0 Å². The average molecular weight is 402 g/mol. The summed E-state index contributed by atoms with van der Waals surface area (Å²) >= 11 is 13.1. The Balaban J connectivity index is 0. The van der Waals surface area contributed by atoms with E-state index < -0.39 is 0 Å².